The van der Waals surface area contributed by atoms with Crippen LogP contribution in [0, 0.1) is 5.92 Å². The second kappa shape index (κ2) is 20.9. The lowest BCUT2D eigenvalue weighted by molar-refractivity contribution is -0.145. The highest BCUT2D eigenvalue weighted by Gasteiger charge is 2.27. The van der Waals surface area contributed by atoms with Crippen LogP contribution in [0.5, 0.6) is 5.75 Å². The lowest BCUT2D eigenvalue weighted by Gasteiger charge is -2.17. The Morgan fingerprint density at radius 2 is 1.33 bits per heavy atom. The molecule has 9 nitrogen and oxygen atoms in total. The van der Waals surface area contributed by atoms with Crippen molar-refractivity contribution in [1.82, 2.24) is 0 Å². The third-order valence-electron chi connectivity index (χ3n) is 7.28. The van der Waals surface area contributed by atoms with E-state index in [0.717, 1.165) is 19.3 Å². The highest BCUT2D eigenvalue weighted by molar-refractivity contribution is 6.05. The Labute approximate surface area is 255 Å². The van der Waals surface area contributed by atoms with Crippen LogP contribution in [0.15, 0.2) is 48.5 Å². The summed E-state index contributed by atoms with van der Waals surface area (Å²) in [7, 11) is 0. The molecule has 0 fully saturated rings. The first-order valence-corrected chi connectivity index (χ1v) is 15.7. The smallest absolute Gasteiger partial charge is 0.341 e. The average molecular weight is 597 g/mol. The number of nitrogens with one attached hydrogen (secondary N) is 2. The van der Waals surface area contributed by atoms with Gasteiger partial charge in [0, 0.05) is 18.2 Å². The third kappa shape index (κ3) is 15.2. The molecule has 0 spiro atoms. The van der Waals surface area contributed by atoms with Crippen molar-refractivity contribution >= 4 is 35.1 Å². The van der Waals surface area contributed by atoms with E-state index < -0.39 is 30.4 Å². The highest BCUT2D eigenvalue weighted by Crippen LogP contribution is 2.29. The van der Waals surface area contributed by atoms with Crippen LogP contribution in [-0.2, 0) is 25.6 Å². The third-order valence-corrected chi connectivity index (χ3v) is 7.28. The summed E-state index contributed by atoms with van der Waals surface area (Å²) in [5.74, 6) is -4.80. The Balaban J connectivity index is 1.81. The van der Waals surface area contributed by atoms with Crippen molar-refractivity contribution in [1.29, 1.82) is 0 Å². The molecular formula is C34H48N2O7. The van der Waals surface area contributed by atoms with Crippen molar-refractivity contribution in [2.45, 2.75) is 103 Å². The fraction of sp³-hybridized carbons (Fsp3) is 0.529. The lowest BCUT2D eigenvalue weighted by atomic mass is 9.98. The van der Waals surface area contributed by atoms with E-state index in [9.17, 15) is 24.3 Å². The van der Waals surface area contributed by atoms with Crippen molar-refractivity contribution in [3.8, 4) is 5.75 Å². The standard InChI is InChI=1S/C34H48N2O7/c1-2-3-4-5-6-7-8-9-10-11-12-13-17-20-31(37)35-27-21-22-29(30(24-27)43-25-32(38)39)36-33(40)28(34(41)42)23-26-18-15-14-16-19-26/h14-16,18-19,21-22,24,28H,2-13,17,20,23,25H2,1H3,(H,35,37)(H,36,40)(H,38,39)(H,41,42). The van der Waals surface area contributed by atoms with Gasteiger partial charge in [0.05, 0.1) is 5.69 Å². The summed E-state index contributed by atoms with van der Waals surface area (Å²) in [6, 6.07) is 13.2. The molecule has 4 N–H and O–H groups in total. The minimum Gasteiger partial charge on any atom is -0.481 e. The molecule has 2 aromatic rings. The second-order valence-electron chi connectivity index (χ2n) is 11.0. The van der Waals surface area contributed by atoms with Gasteiger partial charge in [0.15, 0.2) is 6.61 Å². The summed E-state index contributed by atoms with van der Waals surface area (Å²) >= 11 is 0. The number of ether oxygens (including phenoxy) is 1. The lowest BCUT2D eigenvalue weighted by Crippen LogP contribution is -2.31. The van der Waals surface area contributed by atoms with E-state index in [0.29, 0.717) is 17.7 Å². The number of hydrogen-bond acceptors (Lipinski definition) is 5. The minimum atomic E-state index is -1.37. The second-order valence-corrected chi connectivity index (χ2v) is 11.0. The van der Waals surface area contributed by atoms with Gasteiger partial charge in [-0.05, 0) is 30.5 Å². The predicted molar refractivity (Wildman–Crippen MR) is 168 cm³/mol. The summed E-state index contributed by atoms with van der Waals surface area (Å²) in [5, 5.41) is 24.1. The number of carboxylic acids is 2. The summed E-state index contributed by atoms with van der Waals surface area (Å²) in [5.41, 5.74) is 1.19. The Morgan fingerprint density at radius 1 is 0.744 bits per heavy atom. The van der Waals surface area contributed by atoms with Crippen LogP contribution in [0.1, 0.15) is 102 Å². The largest absolute Gasteiger partial charge is 0.481 e. The first kappa shape index (κ1) is 35.3. The average Bonchev–Trinajstić information content (AvgIpc) is 2.98. The molecule has 0 aromatic heterocycles. The number of amides is 2. The fourth-order valence-electron chi connectivity index (χ4n) is 4.85. The number of aliphatic carboxylic acids is 2. The van der Waals surface area contributed by atoms with Gasteiger partial charge in [0.1, 0.15) is 11.7 Å². The molecule has 1 atom stereocenters. The molecule has 0 aliphatic heterocycles. The van der Waals surface area contributed by atoms with Crippen molar-refractivity contribution in [3.63, 3.8) is 0 Å². The van der Waals surface area contributed by atoms with Gasteiger partial charge in [0.2, 0.25) is 11.8 Å². The highest BCUT2D eigenvalue weighted by atomic mass is 16.5. The fourth-order valence-corrected chi connectivity index (χ4v) is 4.85. The summed E-state index contributed by atoms with van der Waals surface area (Å²) in [6.07, 6.45) is 16.2. The molecule has 2 rings (SSSR count). The van der Waals surface area contributed by atoms with Crippen molar-refractivity contribution < 1.29 is 34.1 Å². The first-order valence-electron chi connectivity index (χ1n) is 15.7. The van der Waals surface area contributed by atoms with E-state index in [4.69, 9.17) is 9.84 Å². The van der Waals surface area contributed by atoms with Gasteiger partial charge < -0.3 is 25.6 Å². The van der Waals surface area contributed by atoms with E-state index in [1.807, 2.05) is 0 Å². The van der Waals surface area contributed by atoms with Gasteiger partial charge in [-0.1, -0.05) is 114 Å². The monoisotopic (exact) mass is 596 g/mol. The van der Waals surface area contributed by atoms with E-state index in [1.54, 1.807) is 36.4 Å². The molecule has 2 amide bonds. The molecular weight excluding hydrogens is 548 g/mol. The molecule has 0 aliphatic rings. The van der Waals surface area contributed by atoms with Gasteiger partial charge in [-0.15, -0.1) is 0 Å². The topological polar surface area (TPSA) is 142 Å². The normalized spacial score (nSPS) is 11.5. The summed E-state index contributed by atoms with van der Waals surface area (Å²) < 4.78 is 5.35. The summed E-state index contributed by atoms with van der Waals surface area (Å²) in [4.78, 5) is 48.3. The number of carboxylic acid groups (broad SMARTS) is 2. The molecule has 0 saturated heterocycles. The number of anilines is 2. The number of rotatable bonds is 23. The van der Waals surface area contributed by atoms with E-state index >= 15 is 0 Å². The zero-order valence-electron chi connectivity index (χ0n) is 25.4. The van der Waals surface area contributed by atoms with Crippen molar-refractivity contribution in [2.75, 3.05) is 17.2 Å². The van der Waals surface area contributed by atoms with Crippen LogP contribution < -0.4 is 15.4 Å². The van der Waals surface area contributed by atoms with Crippen molar-refractivity contribution in [2.24, 2.45) is 5.92 Å². The van der Waals surface area contributed by atoms with Crippen LogP contribution in [0.25, 0.3) is 0 Å². The van der Waals surface area contributed by atoms with Crippen LogP contribution in [0.4, 0.5) is 11.4 Å². The number of carbonyl (C=O) groups is 4. The molecule has 43 heavy (non-hydrogen) atoms. The minimum absolute atomic E-state index is 0.0124. The Kier molecular flexibility index (Phi) is 17.2. The predicted octanol–water partition coefficient (Wildman–Crippen LogP) is 7.45. The number of unbranched alkanes of at least 4 members (excludes halogenated alkanes) is 12. The summed E-state index contributed by atoms with van der Waals surface area (Å²) in [6.45, 7) is 1.56. The molecule has 9 heteroatoms. The van der Waals surface area contributed by atoms with Gasteiger partial charge in [0.25, 0.3) is 0 Å². The maximum Gasteiger partial charge on any atom is 0.341 e. The molecule has 1 unspecified atom stereocenters. The first-order chi connectivity index (χ1) is 20.8. The number of benzene rings is 2. The van der Waals surface area contributed by atoms with Crippen LogP contribution in [0.2, 0.25) is 0 Å². The van der Waals surface area contributed by atoms with Crippen LogP contribution >= 0.6 is 0 Å². The molecule has 236 valence electrons. The number of carbonyl (C=O) groups excluding carboxylic acids is 2. The maximum absolute atomic E-state index is 12.9. The SMILES string of the molecule is CCCCCCCCCCCCCCCC(=O)Nc1ccc(NC(=O)C(Cc2ccccc2)C(=O)O)c(OCC(=O)O)c1. The van der Waals surface area contributed by atoms with Crippen LogP contribution in [-0.4, -0.2) is 40.6 Å². The van der Waals surface area contributed by atoms with E-state index in [1.165, 1.54) is 76.3 Å². The number of hydrogen-bond donors (Lipinski definition) is 4. The van der Waals surface area contributed by atoms with E-state index in [-0.39, 0.29) is 23.8 Å². The molecule has 0 bridgehead atoms. The Morgan fingerprint density at radius 3 is 1.88 bits per heavy atom. The Bertz CT molecular complexity index is 1140. The van der Waals surface area contributed by atoms with Crippen molar-refractivity contribution in [3.05, 3.63) is 54.1 Å². The Hall–Kier alpha value is -3.88. The van der Waals surface area contributed by atoms with Gasteiger partial charge in [-0.2, -0.15) is 0 Å². The molecule has 0 radical (unpaired) electrons. The quantitative estimate of drug-likeness (QED) is 0.0771. The maximum atomic E-state index is 12.9. The van der Waals surface area contributed by atoms with Crippen LogP contribution in [0.3, 0.4) is 0 Å². The van der Waals surface area contributed by atoms with E-state index in [2.05, 4.69) is 17.6 Å². The molecule has 0 aliphatic carbocycles. The molecule has 2 aromatic carbocycles. The molecule has 0 saturated carbocycles. The zero-order chi connectivity index (χ0) is 31.3. The molecule has 0 heterocycles. The van der Waals surface area contributed by atoms with Gasteiger partial charge >= 0.3 is 11.9 Å². The van der Waals surface area contributed by atoms with Gasteiger partial charge in [-0.25, -0.2) is 4.79 Å². The van der Waals surface area contributed by atoms with Gasteiger partial charge in [-0.3, -0.25) is 14.4 Å². The zero-order valence-corrected chi connectivity index (χ0v) is 25.4.